The van der Waals surface area contributed by atoms with Crippen LogP contribution in [0.25, 0.3) is 0 Å². The van der Waals surface area contributed by atoms with Crippen LogP contribution >= 0.6 is 15.9 Å². The molecule has 2 rings (SSSR count). The van der Waals surface area contributed by atoms with E-state index in [2.05, 4.69) is 21.0 Å². The standard InChI is InChI=1S/C11H15BrN4O3/c1-8-10(12)11(16(18)19)13-15(8)7-9(17)14-5-3-2-4-6-14/h2-7H2,1H3. The normalized spacial score (nSPS) is 15.6. The molecule has 1 aromatic rings. The Morgan fingerprint density at radius 2 is 2.05 bits per heavy atom. The van der Waals surface area contributed by atoms with Crippen LogP contribution in [0.5, 0.6) is 0 Å². The minimum absolute atomic E-state index is 0.0345. The molecule has 104 valence electrons. The number of hydrogen-bond acceptors (Lipinski definition) is 4. The minimum atomic E-state index is -0.557. The van der Waals surface area contributed by atoms with Crippen LogP contribution in [-0.4, -0.2) is 38.6 Å². The Kier molecular flexibility index (Phi) is 4.18. The first-order chi connectivity index (χ1) is 9.00. The molecule has 0 N–H and O–H groups in total. The van der Waals surface area contributed by atoms with Gasteiger partial charge in [0.05, 0.1) is 10.8 Å². The molecule has 0 aliphatic carbocycles. The third kappa shape index (κ3) is 2.94. The van der Waals surface area contributed by atoms with Crippen molar-refractivity contribution < 1.29 is 9.72 Å². The van der Waals surface area contributed by atoms with E-state index < -0.39 is 4.92 Å². The quantitative estimate of drug-likeness (QED) is 0.625. The zero-order chi connectivity index (χ0) is 14.0. The lowest BCUT2D eigenvalue weighted by atomic mass is 10.1. The summed E-state index contributed by atoms with van der Waals surface area (Å²) in [4.78, 5) is 24.1. The highest BCUT2D eigenvalue weighted by Gasteiger charge is 2.26. The van der Waals surface area contributed by atoms with Gasteiger partial charge in [-0.05, 0) is 47.0 Å². The van der Waals surface area contributed by atoms with E-state index in [0.717, 1.165) is 32.4 Å². The maximum atomic E-state index is 12.1. The summed E-state index contributed by atoms with van der Waals surface area (Å²) >= 11 is 3.14. The number of hydrogen-bond donors (Lipinski definition) is 0. The highest BCUT2D eigenvalue weighted by atomic mass is 79.9. The molecule has 1 aliphatic heterocycles. The van der Waals surface area contributed by atoms with Crippen molar-refractivity contribution in [3.8, 4) is 0 Å². The molecule has 0 aromatic carbocycles. The summed E-state index contributed by atoms with van der Waals surface area (Å²) < 4.78 is 1.73. The van der Waals surface area contributed by atoms with Crippen molar-refractivity contribution in [3.05, 3.63) is 20.3 Å². The lowest BCUT2D eigenvalue weighted by Gasteiger charge is -2.26. The van der Waals surface area contributed by atoms with E-state index in [1.807, 2.05) is 0 Å². The Bertz CT molecular complexity index is 508. The third-order valence-corrected chi connectivity index (χ3v) is 4.21. The van der Waals surface area contributed by atoms with Crippen molar-refractivity contribution in [3.63, 3.8) is 0 Å². The summed E-state index contributed by atoms with van der Waals surface area (Å²) in [5.41, 5.74) is 0.594. The number of nitrogens with zero attached hydrogens (tertiary/aromatic N) is 4. The molecular formula is C11H15BrN4O3. The average Bonchev–Trinajstić information content (AvgIpc) is 2.68. The fourth-order valence-corrected chi connectivity index (χ4v) is 2.58. The van der Waals surface area contributed by atoms with Crippen molar-refractivity contribution in [2.75, 3.05) is 13.1 Å². The molecule has 0 bridgehead atoms. The number of nitro groups is 1. The number of rotatable bonds is 3. The molecule has 1 amide bonds. The van der Waals surface area contributed by atoms with Crippen molar-refractivity contribution in [1.82, 2.24) is 14.7 Å². The fourth-order valence-electron chi connectivity index (χ4n) is 2.15. The summed E-state index contributed by atoms with van der Waals surface area (Å²) in [5, 5.41) is 14.6. The van der Waals surface area contributed by atoms with Crippen LogP contribution in [-0.2, 0) is 11.3 Å². The number of aromatic nitrogens is 2. The molecule has 0 spiro atoms. The van der Waals surface area contributed by atoms with Gasteiger partial charge in [-0.3, -0.25) is 4.79 Å². The van der Waals surface area contributed by atoms with Gasteiger partial charge in [-0.15, -0.1) is 0 Å². The Labute approximate surface area is 118 Å². The number of amides is 1. The van der Waals surface area contributed by atoms with Crippen molar-refractivity contribution >= 4 is 27.7 Å². The largest absolute Gasteiger partial charge is 0.404 e. The highest BCUT2D eigenvalue weighted by molar-refractivity contribution is 9.10. The number of piperidine rings is 1. The second-order valence-electron chi connectivity index (χ2n) is 4.58. The van der Waals surface area contributed by atoms with Crippen LogP contribution in [0.4, 0.5) is 5.82 Å². The van der Waals surface area contributed by atoms with E-state index in [4.69, 9.17) is 0 Å². The predicted octanol–water partition coefficient (Wildman–Crippen LogP) is 1.87. The predicted molar refractivity (Wildman–Crippen MR) is 71.7 cm³/mol. The van der Waals surface area contributed by atoms with Crippen LogP contribution in [0.15, 0.2) is 4.47 Å². The Morgan fingerprint density at radius 3 is 2.58 bits per heavy atom. The molecule has 1 fully saturated rings. The number of carbonyl (C=O) groups excluding carboxylic acids is 1. The van der Waals surface area contributed by atoms with Gasteiger partial charge in [0.2, 0.25) is 5.91 Å². The van der Waals surface area contributed by atoms with Gasteiger partial charge in [-0.2, -0.15) is 4.68 Å². The molecule has 0 unspecified atom stereocenters. The SMILES string of the molecule is Cc1c(Br)c([N+](=O)[O-])nn1CC(=O)N1CCCCC1. The number of carbonyl (C=O) groups is 1. The molecular weight excluding hydrogens is 316 g/mol. The summed E-state index contributed by atoms with van der Waals surface area (Å²) in [6.07, 6.45) is 3.20. The molecule has 7 nitrogen and oxygen atoms in total. The minimum Gasteiger partial charge on any atom is -0.358 e. The highest BCUT2D eigenvalue weighted by Crippen LogP contribution is 2.27. The lowest BCUT2D eigenvalue weighted by molar-refractivity contribution is -0.390. The van der Waals surface area contributed by atoms with Crippen LogP contribution in [0, 0.1) is 17.0 Å². The fraction of sp³-hybridized carbons (Fsp3) is 0.636. The molecule has 1 aliphatic rings. The smallest absolute Gasteiger partial charge is 0.358 e. The van der Waals surface area contributed by atoms with Gasteiger partial charge in [-0.25, -0.2) is 0 Å². The Balaban J connectivity index is 2.12. The summed E-state index contributed by atoms with van der Waals surface area (Å²) in [5.74, 6) is -0.281. The monoisotopic (exact) mass is 330 g/mol. The van der Waals surface area contributed by atoms with E-state index in [1.165, 1.54) is 4.68 Å². The van der Waals surface area contributed by atoms with E-state index in [1.54, 1.807) is 11.8 Å². The van der Waals surface area contributed by atoms with Gasteiger partial charge < -0.3 is 15.0 Å². The van der Waals surface area contributed by atoms with Gasteiger partial charge in [0.15, 0.2) is 0 Å². The lowest BCUT2D eigenvalue weighted by Crippen LogP contribution is -2.38. The van der Waals surface area contributed by atoms with Gasteiger partial charge in [0, 0.05) is 13.1 Å². The van der Waals surface area contributed by atoms with Crippen LogP contribution in [0.3, 0.4) is 0 Å². The third-order valence-electron chi connectivity index (χ3n) is 3.28. The van der Waals surface area contributed by atoms with E-state index in [0.29, 0.717) is 10.2 Å². The summed E-state index contributed by atoms with van der Waals surface area (Å²) in [6.45, 7) is 3.29. The Hall–Kier alpha value is -1.44. The van der Waals surface area contributed by atoms with Crippen LogP contribution < -0.4 is 0 Å². The first-order valence-corrected chi connectivity index (χ1v) is 6.95. The number of halogens is 1. The van der Waals surface area contributed by atoms with Gasteiger partial charge in [0.25, 0.3) is 0 Å². The zero-order valence-electron chi connectivity index (χ0n) is 10.6. The number of likely N-dealkylation sites (tertiary alicyclic amines) is 1. The van der Waals surface area contributed by atoms with E-state index in [9.17, 15) is 14.9 Å². The maximum Gasteiger partial charge on any atom is 0.404 e. The van der Waals surface area contributed by atoms with Crippen LogP contribution in [0.2, 0.25) is 0 Å². The molecule has 0 atom stereocenters. The molecule has 8 heteroatoms. The van der Waals surface area contributed by atoms with Gasteiger partial charge >= 0.3 is 5.82 Å². The molecule has 19 heavy (non-hydrogen) atoms. The van der Waals surface area contributed by atoms with Gasteiger partial charge in [0.1, 0.15) is 11.0 Å². The first kappa shape index (κ1) is 14.0. The first-order valence-electron chi connectivity index (χ1n) is 6.15. The van der Waals surface area contributed by atoms with Crippen LogP contribution in [0.1, 0.15) is 25.0 Å². The second-order valence-corrected chi connectivity index (χ2v) is 5.37. The molecule has 0 radical (unpaired) electrons. The summed E-state index contributed by atoms with van der Waals surface area (Å²) in [6, 6.07) is 0. The van der Waals surface area contributed by atoms with Crippen molar-refractivity contribution in [1.29, 1.82) is 0 Å². The van der Waals surface area contributed by atoms with Crippen molar-refractivity contribution in [2.24, 2.45) is 0 Å². The second kappa shape index (κ2) is 5.68. The van der Waals surface area contributed by atoms with Crippen molar-refractivity contribution in [2.45, 2.75) is 32.7 Å². The average molecular weight is 331 g/mol. The molecule has 1 aromatic heterocycles. The topological polar surface area (TPSA) is 81.3 Å². The Morgan fingerprint density at radius 1 is 1.42 bits per heavy atom. The molecule has 0 saturated carbocycles. The molecule has 2 heterocycles. The van der Waals surface area contributed by atoms with Gasteiger partial charge in [-0.1, -0.05) is 0 Å². The molecule has 1 saturated heterocycles. The zero-order valence-corrected chi connectivity index (χ0v) is 12.2. The van der Waals surface area contributed by atoms with E-state index >= 15 is 0 Å². The summed E-state index contributed by atoms with van der Waals surface area (Å²) in [7, 11) is 0. The maximum absolute atomic E-state index is 12.1. The van der Waals surface area contributed by atoms with E-state index in [-0.39, 0.29) is 18.3 Å².